The number of carbonyl (C=O) groups excluding carboxylic acids is 1. The SMILES string of the molecule is [CH2]COCc1ccccc1Nc1cc(Cl)c(C(=O)c2ccccc2C)c(Br)c1. The van der Waals surface area contributed by atoms with E-state index in [0.29, 0.717) is 33.8 Å². The van der Waals surface area contributed by atoms with Gasteiger partial charge in [-0.15, -0.1) is 0 Å². The Morgan fingerprint density at radius 2 is 1.86 bits per heavy atom. The summed E-state index contributed by atoms with van der Waals surface area (Å²) in [5.41, 5.74) is 4.71. The summed E-state index contributed by atoms with van der Waals surface area (Å²) in [5, 5.41) is 3.74. The lowest BCUT2D eigenvalue weighted by molar-refractivity contribution is 0.103. The number of benzene rings is 3. The van der Waals surface area contributed by atoms with Gasteiger partial charge in [0.15, 0.2) is 5.78 Å². The lowest BCUT2D eigenvalue weighted by atomic mass is 9.99. The van der Waals surface area contributed by atoms with Crippen molar-refractivity contribution < 1.29 is 9.53 Å². The molecule has 1 N–H and O–H groups in total. The fraction of sp³-hybridized carbons (Fsp3) is 0.130. The summed E-state index contributed by atoms with van der Waals surface area (Å²) < 4.78 is 6.07. The summed E-state index contributed by atoms with van der Waals surface area (Å²) in [6.07, 6.45) is 0. The van der Waals surface area contributed by atoms with E-state index in [0.717, 1.165) is 22.5 Å². The predicted octanol–water partition coefficient (Wildman–Crippen LogP) is 6.74. The van der Waals surface area contributed by atoms with Gasteiger partial charge >= 0.3 is 0 Å². The molecule has 143 valence electrons. The minimum atomic E-state index is -0.106. The molecule has 1 radical (unpaired) electrons. The van der Waals surface area contributed by atoms with Crippen LogP contribution in [0.5, 0.6) is 0 Å². The third kappa shape index (κ3) is 4.64. The summed E-state index contributed by atoms with van der Waals surface area (Å²) in [4.78, 5) is 13.0. The molecular weight excluding hydrogens is 438 g/mol. The molecule has 0 saturated heterocycles. The maximum atomic E-state index is 13.0. The Balaban J connectivity index is 1.91. The van der Waals surface area contributed by atoms with E-state index < -0.39 is 0 Å². The van der Waals surface area contributed by atoms with E-state index >= 15 is 0 Å². The van der Waals surface area contributed by atoms with E-state index in [4.69, 9.17) is 16.3 Å². The van der Waals surface area contributed by atoms with Gasteiger partial charge in [0, 0.05) is 33.6 Å². The molecule has 3 rings (SSSR count). The Bertz CT molecular complexity index is 980. The average molecular weight is 458 g/mol. The standard InChI is InChI=1S/C23H20BrClNO2/c1-3-28-14-16-9-5-7-11-21(16)26-17-12-19(24)22(20(25)13-17)23(27)18-10-6-4-8-15(18)2/h4-13,26H,1,3,14H2,2H3. The molecule has 0 atom stereocenters. The highest BCUT2D eigenvalue weighted by molar-refractivity contribution is 9.10. The summed E-state index contributed by atoms with van der Waals surface area (Å²) in [6.45, 7) is 6.48. The normalized spacial score (nSPS) is 10.7. The molecule has 3 aromatic carbocycles. The number of carbonyl (C=O) groups is 1. The van der Waals surface area contributed by atoms with Crippen LogP contribution in [0.25, 0.3) is 0 Å². The first kappa shape index (κ1) is 20.6. The van der Waals surface area contributed by atoms with Crippen LogP contribution < -0.4 is 5.32 Å². The molecule has 0 aliphatic heterocycles. The zero-order valence-electron chi connectivity index (χ0n) is 15.5. The third-order valence-corrected chi connectivity index (χ3v) is 5.28. The first-order valence-corrected chi connectivity index (χ1v) is 9.99. The maximum Gasteiger partial charge on any atom is 0.195 e. The topological polar surface area (TPSA) is 38.3 Å². The van der Waals surface area contributed by atoms with E-state index in [2.05, 4.69) is 28.2 Å². The number of halogens is 2. The van der Waals surface area contributed by atoms with Gasteiger partial charge in [-0.1, -0.05) is 54.1 Å². The predicted molar refractivity (Wildman–Crippen MR) is 119 cm³/mol. The minimum absolute atomic E-state index is 0.106. The fourth-order valence-electron chi connectivity index (χ4n) is 2.93. The van der Waals surface area contributed by atoms with Crippen LogP contribution in [0.15, 0.2) is 65.1 Å². The van der Waals surface area contributed by atoms with Gasteiger partial charge in [0.2, 0.25) is 0 Å². The first-order valence-electron chi connectivity index (χ1n) is 8.82. The van der Waals surface area contributed by atoms with Crippen LogP contribution in [0.2, 0.25) is 5.02 Å². The van der Waals surface area contributed by atoms with Crippen LogP contribution >= 0.6 is 27.5 Å². The molecule has 3 nitrogen and oxygen atoms in total. The molecule has 0 saturated carbocycles. The van der Waals surface area contributed by atoms with E-state index in [1.807, 2.05) is 61.5 Å². The van der Waals surface area contributed by atoms with Crippen molar-refractivity contribution in [1.29, 1.82) is 0 Å². The van der Waals surface area contributed by atoms with E-state index in [-0.39, 0.29) is 5.78 Å². The van der Waals surface area contributed by atoms with Gasteiger partial charge < -0.3 is 10.1 Å². The number of aryl methyl sites for hydroxylation is 1. The van der Waals surface area contributed by atoms with Crippen molar-refractivity contribution in [2.24, 2.45) is 0 Å². The smallest absolute Gasteiger partial charge is 0.195 e. The Labute approximate surface area is 178 Å². The largest absolute Gasteiger partial charge is 0.377 e. The van der Waals surface area contributed by atoms with Gasteiger partial charge in [-0.25, -0.2) is 0 Å². The van der Waals surface area contributed by atoms with Crippen LogP contribution in [-0.4, -0.2) is 12.4 Å². The minimum Gasteiger partial charge on any atom is -0.377 e. The number of ketones is 1. The van der Waals surface area contributed by atoms with Crippen LogP contribution in [-0.2, 0) is 11.3 Å². The summed E-state index contributed by atoms with van der Waals surface area (Å²) in [6, 6.07) is 19.0. The lowest BCUT2D eigenvalue weighted by Gasteiger charge is -2.15. The van der Waals surface area contributed by atoms with E-state index in [1.165, 1.54) is 0 Å². The quantitative estimate of drug-likeness (QED) is 0.399. The van der Waals surface area contributed by atoms with Crippen molar-refractivity contribution in [3.05, 3.63) is 99.3 Å². The Morgan fingerprint density at radius 3 is 2.57 bits per heavy atom. The van der Waals surface area contributed by atoms with Crippen molar-refractivity contribution >= 4 is 44.7 Å². The van der Waals surface area contributed by atoms with Crippen LogP contribution in [0.1, 0.15) is 27.0 Å². The third-order valence-electron chi connectivity index (χ3n) is 4.36. The number of nitrogens with one attached hydrogen (secondary N) is 1. The van der Waals surface area contributed by atoms with E-state index in [9.17, 15) is 4.79 Å². The summed E-state index contributed by atoms with van der Waals surface area (Å²) in [5.74, 6) is -0.106. The van der Waals surface area contributed by atoms with Crippen molar-refractivity contribution in [2.45, 2.75) is 13.5 Å². The molecule has 0 fully saturated rings. The molecule has 0 aliphatic carbocycles. The van der Waals surface area contributed by atoms with Crippen LogP contribution in [0.3, 0.4) is 0 Å². The molecule has 0 aliphatic rings. The first-order chi connectivity index (χ1) is 13.5. The van der Waals surface area contributed by atoms with Crippen LogP contribution in [0.4, 0.5) is 11.4 Å². The van der Waals surface area contributed by atoms with Gasteiger partial charge in [0.1, 0.15) is 0 Å². The molecule has 3 aromatic rings. The molecule has 28 heavy (non-hydrogen) atoms. The number of para-hydroxylation sites is 1. The van der Waals surface area contributed by atoms with Crippen molar-refractivity contribution in [3.8, 4) is 0 Å². The maximum absolute atomic E-state index is 13.0. The van der Waals surface area contributed by atoms with Gasteiger partial charge in [0.05, 0.1) is 17.2 Å². The number of rotatable bonds is 7. The van der Waals surface area contributed by atoms with Gasteiger partial charge in [-0.05, 0) is 53.5 Å². The second-order valence-corrected chi connectivity index (χ2v) is 7.56. The molecule has 5 heteroatoms. The summed E-state index contributed by atoms with van der Waals surface area (Å²) >= 11 is 10.0. The molecular formula is C23H20BrClNO2. The molecule has 0 unspecified atom stereocenters. The van der Waals surface area contributed by atoms with Crippen molar-refractivity contribution in [2.75, 3.05) is 11.9 Å². The molecule has 0 bridgehead atoms. The van der Waals surface area contributed by atoms with Crippen molar-refractivity contribution in [3.63, 3.8) is 0 Å². The van der Waals surface area contributed by atoms with Gasteiger partial charge in [-0.2, -0.15) is 0 Å². The highest BCUT2D eigenvalue weighted by Gasteiger charge is 2.19. The second-order valence-electron chi connectivity index (χ2n) is 6.29. The molecule has 0 spiro atoms. The Hall–Kier alpha value is -2.14. The second kappa shape index (κ2) is 9.37. The zero-order valence-corrected chi connectivity index (χ0v) is 17.8. The summed E-state index contributed by atoms with van der Waals surface area (Å²) in [7, 11) is 0. The molecule has 0 aromatic heterocycles. The zero-order chi connectivity index (χ0) is 20.1. The average Bonchev–Trinajstić information content (AvgIpc) is 2.67. The number of hydrogen-bond donors (Lipinski definition) is 1. The number of anilines is 2. The fourth-order valence-corrected chi connectivity index (χ4v) is 3.99. The van der Waals surface area contributed by atoms with E-state index in [1.54, 1.807) is 6.07 Å². The number of ether oxygens (including phenoxy) is 1. The molecule has 0 heterocycles. The Morgan fingerprint density at radius 1 is 1.14 bits per heavy atom. The van der Waals surface area contributed by atoms with Crippen LogP contribution in [0, 0.1) is 13.8 Å². The monoisotopic (exact) mass is 456 g/mol. The van der Waals surface area contributed by atoms with Crippen molar-refractivity contribution in [1.82, 2.24) is 0 Å². The Kier molecular flexibility index (Phi) is 6.89. The number of hydrogen-bond acceptors (Lipinski definition) is 3. The lowest BCUT2D eigenvalue weighted by Crippen LogP contribution is -2.06. The van der Waals surface area contributed by atoms with Gasteiger partial charge in [-0.3, -0.25) is 4.79 Å². The molecule has 0 amide bonds. The highest BCUT2D eigenvalue weighted by Crippen LogP contribution is 2.33. The van der Waals surface area contributed by atoms with Gasteiger partial charge in [0.25, 0.3) is 0 Å². The highest BCUT2D eigenvalue weighted by atomic mass is 79.9.